The molecule has 16 heavy (non-hydrogen) atoms. The highest BCUT2D eigenvalue weighted by molar-refractivity contribution is 5.99. The van der Waals surface area contributed by atoms with Gasteiger partial charge in [-0.3, -0.25) is 9.59 Å². The second-order valence-corrected chi connectivity index (χ2v) is 4.83. The third-order valence-corrected chi connectivity index (χ3v) is 3.65. The van der Waals surface area contributed by atoms with Gasteiger partial charge in [0.1, 0.15) is 18.3 Å². The Bertz CT molecular complexity index is 330. The van der Waals surface area contributed by atoms with Gasteiger partial charge < -0.3 is 10.2 Å². The third-order valence-electron chi connectivity index (χ3n) is 3.65. The van der Waals surface area contributed by atoms with Gasteiger partial charge in [0.2, 0.25) is 11.8 Å². The highest BCUT2D eigenvalue weighted by Gasteiger charge is 2.54. The minimum atomic E-state index is -0.807. The maximum atomic E-state index is 12.4. The molecule has 0 radical (unpaired) electrons. The Kier molecular flexibility index (Phi) is 2.64. The Morgan fingerprint density at radius 3 is 2.62 bits per heavy atom. The molecule has 2 unspecified atom stereocenters. The van der Waals surface area contributed by atoms with E-state index in [1.165, 1.54) is 4.90 Å². The predicted octanol–water partition coefficient (Wildman–Crippen LogP) is 0.471. The standard InChI is InChI=1S/C11H17FN2O2/c1-7-9(15)13-11(2,8-3-4-8)10(16)14(7)6-5-12/h7-8H,3-6H2,1-2H3,(H,13,15). The Morgan fingerprint density at radius 1 is 1.50 bits per heavy atom. The molecule has 5 heteroatoms. The van der Waals surface area contributed by atoms with Gasteiger partial charge in [-0.15, -0.1) is 0 Å². The van der Waals surface area contributed by atoms with Crippen LogP contribution in [-0.2, 0) is 9.59 Å². The molecule has 0 aromatic carbocycles. The van der Waals surface area contributed by atoms with Gasteiger partial charge in [-0.1, -0.05) is 0 Å². The number of rotatable bonds is 3. The smallest absolute Gasteiger partial charge is 0.249 e. The fourth-order valence-electron chi connectivity index (χ4n) is 2.35. The van der Waals surface area contributed by atoms with Crippen LogP contribution >= 0.6 is 0 Å². The Hall–Kier alpha value is -1.13. The summed E-state index contributed by atoms with van der Waals surface area (Å²) in [6.45, 7) is 2.79. The van der Waals surface area contributed by atoms with E-state index in [1.807, 2.05) is 0 Å². The number of carbonyl (C=O) groups excluding carboxylic acids is 2. The molecule has 0 spiro atoms. The number of hydrogen-bond acceptors (Lipinski definition) is 2. The molecule has 1 N–H and O–H groups in total. The van der Waals surface area contributed by atoms with Gasteiger partial charge in [0.25, 0.3) is 0 Å². The van der Waals surface area contributed by atoms with E-state index in [0.717, 1.165) is 12.8 Å². The third kappa shape index (κ3) is 1.58. The highest BCUT2D eigenvalue weighted by Crippen LogP contribution is 2.42. The van der Waals surface area contributed by atoms with Crippen molar-refractivity contribution in [3.63, 3.8) is 0 Å². The second kappa shape index (κ2) is 3.71. The van der Waals surface area contributed by atoms with Crippen molar-refractivity contribution in [2.45, 2.75) is 38.3 Å². The van der Waals surface area contributed by atoms with E-state index in [4.69, 9.17) is 0 Å². The van der Waals surface area contributed by atoms with Crippen LogP contribution < -0.4 is 5.32 Å². The summed E-state index contributed by atoms with van der Waals surface area (Å²) in [5.41, 5.74) is -0.807. The van der Waals surface area contributed by atoms with Crippen molar-refractivity contribution < 1.29 is 14.0 Å². The molecule has 0 aromatic rings. The summed E-state index contributed by atoms with van der Waals surface area (Å²) < 4.78 is 12.4. The Labute approximate surface area is 94.2 Å². The van der Waals surface area contributed by atoms with E-state index in [1.54, 1.807) is 13.8 Å². The number of halogens is 1. The fourth-order valence-corrected chi connectivity index (χ4v) is 2.35. The van der Waals surface area contributed by atoms with Crippen LogP contribution in [0.5, 0.6) is 0 Å². The maximum absolute atomic E-state index is 12.4. The lowest BCUT2D eigenvalue weighted by molar-refractivity contribution is -0.154. The molecule has 4 nitrogen and oxygen atoms in total. The van der Waals surface area contributed by atoms with E-state index < -0.39 is 18.3 Å². The molecule has 2 atom stereocenters. The fraction of sp³-hybridized carbons (Fsp3) is 0.818. The minimum absolute atomic E-state index is 0.00965. The van der Waals surface area contributed by atoms with Gasteiger partial charge in [-0.25, -0.2) is 4.39 Å². The molecule has 1 aliphatic carbocycles. The van der Waals surface area contributed by atoms with Crippen molar-refractivity contribution in [1.82, 2.24) is 10.2 Å². The van der Waals surface area contributed by atoms with Crippen molar-refractivity contribution in [2.75, 3.05) is 13.2 Å². The molecule has 0 aromatic heterocycles. The zero-order valence-corrected chi connectivity index (χ0v) is 9.62. The minimum Gasteiger partial charge on any atom is -0.340 e. The van der Waals surface area contributed by atoms with Crippen LogP contribution in [0.15, 0.2) is 0 Å². The number of alkyl halides is 1. The normalized spacial score (nSPS) is 35.2. The molecular weight excluding hydrogens is 211 g/mol. The zero-order valence-electron chi connectivity index (χ0n) is 9.62. The first-order chi connectivity index (χ1) is 7.50. The van der Waals surface area contributed by atoms with E-state index in [0.29, 0.717) is 0 Å². The van der Waals surface area contributed by atoms with E-state index in [9.17, 15) is 14.0 Å². The topological polar surface area (TPSA) is 49.4 Å². The van der Waals surface area contributed by atoms with Crippen LogP contribution in [0.2, 0.25) is 0 Å². The number of nitrogens with one attached hydrogen (secondary N) is 1. The van der Waals surface area contributed by atoms with Gasteiger partial charge in [0.15, 0.2) is 0 Å². The average molecular weight is 228 g/mol. The first-order valence-corrected chi connectivity index (χ1v) is 5.69. The van der Waals surface area contributed by atoms with Gasteiger partial charge in [-0.2, -0.15) is 0 Å². The lowest BCUT2D eigenvalue weighted by Crippen LogP contribution is -2.69. The first kappa shape index (κ1) is 11.4. The molecule has 2 fully saturated rings. The number of nitrogens with zero attached hydrogens (tertiary/aromatic N) is 1. The summed E-state index contributed by atoms with van der Waals surface area (Å²) in [5.74, 6) is -0.0965. The van der Waals surface area contributed by atoms with Crippen molar-refractivity contribution in [3.05, 3.63) is 0 Å². The van der Waals surface area contributed by atoms with Crippen molar-refractivity contribution in [1.29, 1.82) is 0 Å². The molecule has 2 amide bonds. The largest absolute Gasteiger partial charge is 0.340 e. The number of carbonyl (C=O) groups is 2. The molecule has 0 bridgehead atoms. The maximum Gasteiger partial charge on any atom is 0.249 e. The van der Waals surface area contributed by atoms with Crippen molar-refractivity contribution in [2.24, 2.45) is 5.92 Å². The summed E-state index contributed by atoms with van der Waals surface area (Å²) in [6, 6.07) is -0.560. The second-order valence-electron chi connectivity index (χ2n) is 4.83. The number of hydrogen-bond donors (Lipinski definition) is 1. The first-order valence-electron chi connectivity index (χ1n) is 5.69. The summed E-state index contributed by atoms with van der Waals surface area (Å²) in [7, 11) is 0. The van der Waals surface area contributed by atoms with Crippen LogP contribution in [0.3, 0.4) is 0 Å². The monoisotopic (exact) mass is 228 g/mol. The van der Waals surface area contributed by atoms with Crippen molar-refractivity contribution >= 4 is 11.8 Å². The van der Waals surface area contributed by atoms with Crippen LogP contribution in [0.25, 0.3) is 0 Å². The molecule has 90 valence electrons. The van der Waals surface area contributed by atoms with Crippen LogP contribution in [0.4, 0.5) is 4.39 Å². The van der Waals surface area contributed by atoms with Gasteiger partial charge >= 0.3 is 0 Å². The Balaban J connectivity index is 2.24. The summed E-state index contributed by atoms with van der Waals surface area (Å²) >= 11 is 0. The quantitative estimate of drug-likeness (QED) is 0.763. The van der Waals surface area contributed by atoms with Gasteiger partial charge in [0, 0.05) is 6.54 Å². The lowest BCUT2D eigenvalue weighted by Gasteiger charge is -2.43. The zero-order chi connectivity index (χ0) is 11.9. The summed E-state index contributed by atoms with van der Waals surface area (Å²) in [5, 5.41) is 2.79. The number of amides is 2. The van der Waals surface area contributed by atoms with Crippen molar-refractivity contribution in [3.8, 4) is 0 Å². The molecular formula is C11H17FN2O2. The van der Waals surface area contributed by atoms with Gasteiger partial charge in [-0.05, 0) is 32.6 Å². The molecule has 2 aliphatic rings. The van der Waals surface area contributed by atoms with Crippen LogP contribution in [0.1, 0.15) is 26.7 Å². The molecule has 1 aliphatic heterocycles. The predicted molar refractivity (Wildman–Crippen MR) is 56.4 cm³/mol. The summed E-state index contributed by atoms with van der Waals surface area (Å²) in [4.78, 5) is 25.3. The molecule has 1 saturated heterocycles. The van der Waals surface area contributed by atoms with Crippen LogP contribution in [-0.4, -0.2) is 41.5 Å². The number of piperazine rings is 1. The van der Waals surface area contributed by atoms with E-state index in [2.05, 4.69) is 5.32 Å². The van der Waals surface area contributed by atoms with E-state index >= 15 is 0 Å². The lowest BCUT2D eigenvalue weighted by atomic mass is 9.90. The summed E-state index contributed by atoms with van der Waals surface area (Å²) in [6.07, 6.45) is 1.92. The molecule has 2 rings (SSSR count). The van der Waals surface area contributed by atoms with Crippen LogP contribution in [0, 0.1) is 5.92 Å². The Morgan fingerprint density at radius 2 is 2.12 bits per heavy atom. The molecule has 1 saturated carbocycles. The highest BCUT2D eigenvalue weighted by atomic mass is 19.1. The molecule has 1 heterocycles. The van der Waals surface area contributed by atoms with E-state index in [-0.39, 0.29) is 24.3 Å². The SMILES string of the molecule is CC1C(=O)NC(C)(C2CC2)C(=O)N1CCF. The average Bonchev–Trinajstić information content (AvgIpc) is 3.05. The van der Waals surface area contributed by atoms with Gasteiger partial charge in [0.05, 0.1) is 0 Å².